The first kappa shape index (κ1) is 9.27. The van der Waals surface area contributed by atoms with Crippen LogP contribution in [0.4, 0.5) is 0 Å². The van der Waals surface area contributed by atoms with Crippen LogP contribution < -0.4 is 0 Å². The molecular weight excluding hydrogens is 172 g/mol. The summed E-state index contributed by atoms with van der Waals surface area (Å²) in [5, 5.41) is 0.781. The molecule has 0 aliphatic heterocycles. The summed E-state index contributed by atoms with van der Waals surface area (Å²) in [6, 6.07) is 3.64. The predicted molar refractivity (Wildman–Crippen MR) is 51.0 cm³/mol. The maximum absolute atomic E-state index is 10.5. The van der Waals surface area contributed by atoms with Gasteiger partial charge in [-0.25, -0.2) is 0 Å². The Balaban J connectivity index is 3.28. The van der Waals surface area contributed by atoms with Crippen LogP contribution >= 0.6 is 11.6 Å². The molecule has 0 heterocycles. The molecule has 1 rings (SSSR count). The molecule has 0 N–H and O–H groups in total. The van der Waals surface area contributed by atoms with Crippen LogP contribution in [0.5, 0.6) is 0 Å². The van der Waals surface area contributed by atoms with Crippen molar-refractivity contribution in [2.24, 2.45) is 0 Å². The molecule has 64 valence electrons. The molecule has 0 saturated heterocycles. The lowest BCUT2D eigenvalue weighted by Crippen LogP contribution is -1.90. The third-order valence-electron chi connectivity index (χ3n) is 1.87. The van der Waals surface area contributed by atoms with E-state index in [0.717, 1.165) is 28.9 Å². The van der Waals surface area contributed by atoms with Crippen molar-refractivity contribution in [3.05, 3.63) is 33.8 Å². The minimum absolute atomic E-state index is 0.703. The van der Waals surface area contributed by atoms with Gasteiger partial charge in [0, 0.05) is 10.6 Å². The van der Waals surface area contributed by atoms with E-state index < -0.39 is 0 Å². The van der Waals surface area contributed by atoms with Gasteiger partial charge in [-0.2, -0.15) is 0 Å². The average molecular weight is 183 g/mol. The molecule has 0 fully saturated rings. The Hall–Kier alpha value is -0.820. The molecule has 0 saturated carbocycles. The van der Waals surface area contributed by atoms with Crippen LogP contribution in [0.1, 0.15) is 28.4 Å². The number of halogens is 1. The molecule has 1 nitrogen and oxygen atoms in total. The molecule has 0 radical (unpaired) electrons. The molecule has 0 atom stereocenters. The van der Waals surface area contributed by atoms with Crippen molar-refractivity contribution < 1.29 is 4.79 Å². The number of hydrogen-bond donors (Lipinski definition) is 0. The number of rotatable bonds is 2. The maximum atomic E-state index is 10.5. The number of aldehydes is 1. The lowest BCUT2D eigenvalue weighted by atomic mass is 10.1. The molecule has 0 unspecified atom stereocenters. The van der Waals surface area contributed by atoms with Crippen molar-refractivity contribution in [3.8, 4) is 0 Å². The van der Waals surface area contributed by atoms with Crippen molar-refractivity contribution in [3.63, 3.8) is 0 Å². The fraction of sp³-hybridized carbons (Fsp3) is 0.300. The lowest BCUT2D eigenvalue weighted by molar-refractivity contribution is 0.112. The van der Waals surface area contributed by atoms with Crippen molar-refractivity contribution in [2.75, 3.05) is 0 Å². The van der Waals surface area contributed by atoms with Crippen molar-refractivity contribution >= 4 is 17.9 Å². The molecular formula is C10H11ClO. The van der Waals surface area contributed by atoms with E-state index in [9.17, 15) is 4.79 Å². The van der Waals surface area contributed by atoms with Crippen LogP contribution in [-0.2, 0) is 6.42 Å². The van der Waals surface area contributed by atoms with Crippen LogP contribution in [0.3, 0.4) is 0 Å². The number of aryl methyl sites for hydroxylation is 2. The van der Waals surface area contributed by atoms with Gasteiger partial charge < -0.3 is 0 Å². The summed E-state index contributed by atoms with van der Waals surface area (Å²) in [6.07, 6.45) is 1.71. The van der Waals surface area contributed by atoms with E-state index in [1.54, 1.807) is 6.07 Å². The quantitative estimate of drug-likeness (QED) is 0.643. The smallest absolute Gasteiger partial charge is 0.150 e. The number of hydrogen-bond acceptors (Lipinski definition) is 1. The minimum atomic E-state index is 0.703. The SMILES string of the molecule is CCc1cc(C=O)cc(C)c1Cl. The third-order valence-corrected chi connectivity index (χ3v) is 2.41. The highest BCUT2D eigenvalue weighted by atomic mass is 35.5. The Morgan fingerprint density at radius 1 is 1.50 bits per heavy atom. The van der Waals surface area contributed by atoms with Gasteiger partial charge in [-0.3, -0.25) is 4.79 Å². The van der Waals surface area contributed by atoms with E-state index >= 15 is 0 Å². The van der Waals surface area contributed by atoms with Gasteiger partial charge in [0.15, 0.2) is 0 Å². The topological polar surface area (TPSA) is 17.1 Å². The van der Waals surface area contributed by atoms with Crippen molar-refractivity contribution in [1.82, 2.24) is 0 Å². The fourth-order valence-corrected chi connectivity index (χ4v) is 1.44. The summed E-state index contributed by atoms with van der Waals surface area (Å²) < 4.78 is 0. The first-order valence-electron chi connectivity index (χ1n) is 3.93. The Bertz CT molecular complexity index is 305. The number of carbonyl (C=O) groups excluding carboxylic acids is 1. The maximum Gasteiger partial charge on any atom is 0.150 e. The molecule has 1 aromatic carbocycles. The number of benzene rings is 1. The highest BCUT2D eigenvalue weighted by Crippen LogP contribution is 2.22. The van der Waals surface area contributed by atoms with E-state index in [2.05, 4.69) is 0 Å². The fourth-order valence-electron chi connectivity index (χ4n) is 1.20. The van der Waals surface area contributed by atoms with E-state index in [4.69, 9.17) is 11.6 Å². The molecule has 12 heavy (non-hydrogen) atoms. The summed E-state index contributed by atoms with van der Waals surface area (Å²) in [5.41, 5.74) is 2.71. The lowest BCUT2D eigenvalue weighted by Gasteiger charge is -2.04. The Kier molecular flexibility index (Phi) is 2.88. The van der Waals surface area contributed by atoms with Gasteiger partial charge >= 0.3 is 0 Å². The van der Waals surface area contributed by atoms with E-state index in [1.807, 2.05) is 19.9 Å². The van der Waals surface area contributed by atoms with Gasteiger partial charge in [-0.05, 0) is 36.6 Å². The molecule has 0 amide bonds. The Morgan fingerprint density at radius 2 is 2.17 bits per heavy atom. The van der Waals surface area contributed by atoms with E-state index in [-0.39, 0.29) is 0 Å². The van der Waals surface area contributed by atoms with E-state index in [0.29, 0.717) is 5.56 Å². The molecule has 2 heteroatoms. The molecule has 0 aromatic heterocycles. The standard InChI is InChI=1S/C10H11ClO/c1-3-9-5-8(6-12)4-7(2)10(9)11/h4-6H,3H2,1-2H3. The first-order valence-corrected chi connectivity index (χ1v) is 4.31. The van der Waals surface area contributed by atoms with Gasteiger partial charge in [0.05, 0.1) is 0 Å². The second kappa shape index (κ2) is 3.72. The highest BCUT2D eigenvalue weighted by Gasteiger charge is 2.03. The third kappa shape index (κ3) is 1.67. The highest BCUT2D eigenvalue weighted by molar-refractivity contribution is 6.32. The average Bonchev–Trinajstić information content (AvgIpc) is 2.09. The van der Waals surface area contributed by atoms with Crippen LogP contribution in [0.25, 0.3) is 0 Å². The Morgan fingerprint density at radius 3 is 2.67 bits per heavy atom. The molecule has 1 aromatic rings. The van der Waals surface area contributed by atoms with Gasteiger partial charge in [-0.1, -0.05) is 18.5 Å². The van der Waals surface area contributed by atoms with Crippen molar-refractivity contribution in [1.29, 1.82) is 0 Å². The van der Waals surface area contributed by atoms with Crippen molar-refractivity contribution in [2.45, 2.75) is 20.3 Å². The zero-order valence-corrected chi connectivity index (χ0v) is 7.98. The first-order chi connectivity index (χ1) is 5.69. The van der Waals surface area contributed by atoms with Crippen LogP contribution in [-0.4, -0.2) is 6.29 Å². The molecule has 0 aliphatic carbocycles. The second-order valence-electron chi connectivity index (χ2n) is 2.78. The predicted octanol–water partition coefficient (Wildman–Crippen LogP) is 3.02. The summed E-state index contributed by atoms with van der Waals surface area (Å²) >= 11 is 6.01. The zero-order chi connectivity index (χ0) is 9.14. The Labute approximate surface area is 77.4 Å². The normalized spacial score (nSPS) is 9.92. The zero-order valence-electron chi connectivity index (χ0n) is 7.23. The van der Waals surface area contributed by atoms with Gasteiger partial charge in [-0.15, -0.1) is 0 Å². The minimum Gasteiger partial charge on any atom is -0.298 e. The molecule has 0 bridgehead atoms. The van der Waals surface area contributed by atoms with E-state index in [1.165, 1.54) is 0 Å². The largest absolute Gasteiger partial charge is 0.298 e. The second-order valence-corrected chi connectivity index (χ2v) is 3.16. The van der Waals surface area contributed by atoms with Gasteiger partial charge in [0.25, 0.3) is 0 Å². The van der Waals surface area contributed by atoms with Crippen LogP contribution in [0.2, 0.25) is 5.02 Å². The van der Waals surface area contributed by atoms with Crippen LogP contribution in [0, 0.1) is 6.92 Å². The number of carbonyl (C=O) groups is 1. The summed E-state index contributed by atoms with van der Waals surface area (Å²) in [4.78, 5) is 10.5. The van der Waals surface area contributed by atoms with Gasteiger partial charge in [0.2, 0.25) is 0 Å². The summed E-state index contributed by atoms with van der Waals surface area (Å²) in [6.45, 7) is 3.93. The molecule has 0 aliphatic rings. The summed E-state index contributed by atoms with van der Waals surface area (Å²) in [5.74, 6) is 0. The monoisotopic (exact) mass is 182 g/mol. The summed E-state index contributed by atoms with van der Waals surface area (Å²) in [7, 11) is 0. The van der Waals surface area contributed by atoms with Gasteiger partial charge in [0.1, 0.15) is 6.29 Å². The molecule has 0 spiro atoms. The van der Waals surface area contributed by atoms with Crippen LogP contribution in [0.15, 0.2) is 12.1 Å².